The Hall–Kier alpha value is -0.980. The first-order valence-corrected chi connectivity index (χ1v) is 5.55. The quantitative estimate of drug-likeness (QED) is 0.623. The first kappa shape index (κ1) is 16.4. The van der Waals surface area contributed by atoms with Gasteiger partial charge in [0.25, 0.3) is 0 Å². The molecule has 0 aliphatic rings. The molecule has 0 bridgehead atoms. The van der Waals surface area contributed by atoms with Crippen LogP contribution in [0.5, 0.6) is 0 Å². The Morgan fingerprint density at radius 3 is 1.67 bits per heavy atom. The van der Waals surface area contributed by atoms with Crippen LogP contribution in [0.2, 0.25) is 0 Å². The summed E-state index contributed by atoms with van der Waals surface area (Å²) in [5.41, 5.74) is 4.97. The average Bonchev–Trinajstić information content (AvgIpc) is 2.19. The molecule has 0 aromatic rings. The van der Waals surface area contributed by atoms with Crippen LogP contribution in [0.1, 0.15) is 41.5 Å². The van der Waals surface area contributed by atoms with Crippen LogP contribution in [0.15, 0.2) is 35.1 Å². The van der Waals surface area contributed by atoms with E-state index >= 15 is 0 Å². The molecule has 0 saturated carbocycles. The van der Waals surface area contributed by atoms with Crippen molar-refractivity contribution in [2.75, 3.05) is 14.1 Å². The largest absolute Gasteiger partial charge is 0.378 e. The second kappa shape index (κ2) is 8.34. The highest BCUT2D eigenvalue weighted by molar-refractivity contribution is 5.33. The molecule has 0 rings (SSSR count). The molecule has 1 heteroatoms. The van der Waals surface area contributed by atoms with E-state index in [-0.39, 0.29) is 0 Å². The molecule has 0 aromatic heterocycles. The molecule has 1 nitrogen and oxygen atoms in total. The van der Waals surface area contributed by atoms with E-state index < -0.39 is 0 Å². The van der Waals surface area contributed by atoms with Gasteiger partial charge in [0.05, 0.1) is 0 Å². The maximum absolute atomic E-state index is 4.00. The van der Waals surface area contributed by atoms with E-state index in [2.05, 4.69) is 40.3 Å². The normalized spacial score (nSPS) is 10.0. The van der Waals surface area contributed by atoms with Crippen molar-refractivity contribution in [3.05, 3.63) is 35.1 Å². The highest BCUT2D eigenvalue weighted by atomic mass is 15.1. The number of likely N-dealkylation sites (N-methyl/N-ethyl adjacent to an activating group) is 1. The third-order valence-corrected chi connectivity index (χ3v) is 2.22. The molecule has 0 fully saturated rings. The predicted molar refractivity (Wildman–Crippen MR) is 72.0 cm³/mol. The fourth-order valence-corrected chi connectivity index (χ4v) is 0.905. The summed E-state index contributed by atoms with van der Waals surface area (Å²) in [4.78, 5) is 2.03. The maximum atomic E-state index is 4.00. The van der Waals surface area contributed by atoms with E-state index in [0.717, 1.165) is 5.70 Å². The third kappa shape index (κ3) is 7.01. The van der Waals surface area contributed by atoms with Gasteiger partial charge in [0.2, 0.25) is 0 Å². The highest BCUT2D eigenvalue weighted by Crippen LogP contribution is 2.13. The molecule has 0 aliphatic heterocycles. The Morgan fingerprint density at radius 2 is 1.40 bits per heavy atom. The molecule has 0 heterocycles. The molecule has 0 radical (unpaired) electrons. The zero-order valence-electron chi connectivity index (χ0n) is 11.7. The number of nitrogens with zero attached hydrogens (tertiary/aromatic N) is 1. The lowest BCUT2D eigenvalue weighted by molar-refractivity contribution is 0.524. The molecular formula is C14H27N. The Kier molecular flexibility index (Phi) is 9.14. The molecule has 0 amide bonds. The predicted octanol–water partition coefficient (Wildman–Crippen LogP) is 4.39. The zero-order chi connectivity index (χ0) is 12.6. The lowest BCUT2D eigenvalue weighted by atomic mass is 10.1. The summed E-state index contributed by atoms with van der Waals surface area (Å²) < 4.78 is 0. The number of hydrogen-bond acceptors (Lipinski definition) is 1. The molecule has 0 saturated heterocycles. The lowest BCUT2D eigenvalue weighted by Crippen LogP contribution is -2.10. The van der Waals surface area contributed by atoms with E-state index in [1.165, 1.54) is 16.7 Å². The third-order valence-electron chi connectivity index (χ3n) is 2.22. The number of rotatable bonds is 3. The summed E-state index contributed by atoms with van der Waals surface area (Å²) in [7, 11) is 4.02. The minimum absolute atomic E-state index is 1.07. The van der Waals surface area contributed by atoms with E-state index in [9.17, 15) is 0 Å². The van der Waals surface area contributed by atoms with Gasteiger partial charge in [-0.15, -0.1) is 0 Å². The van der Waals surface area contributed by atoms with Gasteiger partial charge in [-0.25, -0.2) is 0 Å². The van der Waals surface area contributed by atoms with Gasteiger partial charge < -0.3 is 4.90 Å². The molecular weight excluding hydrogens is 182 g/mol. The summed E-state index contributed by atoms with van der Waals surface area (Å²) in [6, 6.07) is 0. The minimum Gasteiger partial charge on any atom is -0.378 e. The topological polar surface area (TPSA) is 3.24 Å². The lowest BCUT2D eigenvalue weighted by Gasteiger charge is -2.16. The van der Waals surface area contributed by atoms with Crippen molar-refractivity contribution >= 4 is 0 Å². The van der Waals surface area contributed by atoms with Crippen molar-refractivity contribution in [2.45, 2.75) is 41.5 Å². The van der Waals surface area contributed by atoms with Crippen molar-refractivity contribution in [2.24, 2.45) is 0 Å². The molecule has 15 heavy (non-hydrogen) atoms. The van der Waals surface area contributed by atoms with Crippen LogP contribution in [0, 0.1) is 0 Å². The van der Waals surface area contributed by atoms with Crippen LogP contribution in [0.4, 0.5) is 0 Å². The summed E-state index contributed by atoms with van der Waals surface area (Å²) in [6.07, 6.45) is 2.18. The van der Waals surface area contributed by atoms with Gasteiger partial charge in [0.15, 0.2) is 0 Å². The van der Waals surface area contributed by atoms with Crippen LogP contribution in [0.25, 0.3) is 0 Å². The van der Waals surface area contributed by atoms with Crippen LogP contribution in [-0.2, 0) is 0 Å². The number of allylic oxidation sites excluding steroid dienone is 4. The SMILES string of the molecule is C=C(/C(C)=C/C(C)=C(C)C)N(C)C.CC. The Morgan fingerprint density at radius 1 is 1.00 bits per heavy atom. The first-order valence-electron chi connectivity index (χ1n) is 5.55. The molecule has 0 aliphatic carbocycles. The van der Waals surface area contributed by atoms with Gasteiger partial charge in [0.1, 0.15) is 0 Å². The van der Waals surface area contributed by atoms with Crippen molar-refractivity contribution < 1.29 is 0 Å². The fourth-order valence-electron chi connectivity index (χ4n) is 0.905. The van der Waals surface area contributed by atoms with Crippen LogP contribution in [0.3, 0.4) is 0 Å². The van der Waals surface area contributed by atoms with E-state index in [1.807, 2.05) is 32.8 Å². The molecule has 88 valence electrons. The Balaban J connectivity index is 0. The zero-order valence-corrected chi connectivity index (χ0v) is 11.7. The van der Waals surface area contributed by atoms with Gasteiger partial charge in [0, 0.05) is 19.8 Å². The summed E-state index contributed by atoms with van der Waals surface area (Å²) in [5.74, 6) is 0. The van der Waals surface area contributed by atoms with Gasteiger partial charge in [-0.05, 0) is 33.3 Å². The second-order valence-corrected chi connectivity index (χ2v) is 3.85. The summed E-state index contributed by atoms with van der Waals surface area (Å²) >= 11 is 0. The number of hydrogen-bond donors (Lipinski definition) is 0. The fraction of sp³-hybridized carbons (Fsp3) is 0.571. The van der Waals surface area contributed by atoms with E-state index in [1.54, 1.807) is 0 Å². The smallest absolute Gasteiger partial charge is 0.0317 e. The monoisotopic (exact) mass is 209 g/mol. The van der Waals surface area contributed by atoms with Gasteiger partial charge >= 0.3 is 0 Å². The summed E-state index contributed by atoms with van der Waals surface area (Å²) in [6.45, 7) is 16.5. The van der Waals surface area contributed by atoms with Crippen LogP contribution >= 0.6 is 0 Å². The van der Waals surface area contributed by atoms with Crippen molar-refractivity contribution in [3.8, 4) is 0 Å². The molecule has 0 aromatic carbocycles. The van der Waals surface area contributed by atoms with Crippen molar-refractivity contribution in [1.29, 1.82) is 0 Å². The van der Waals surface area contributed by atoms with Gasteiger partial charge in [-0.1, -0.05) is 37.6 Å². The van der Waals surface area contributed by atoms with Crippen LogP contribution < -0.4 is 0 Å². The maximum Gasteiger partial charge on any atom is 0.0317 e. The minimum atomic E-state index is 1.07. The average molecular weight is 209 g/mol. The molecule has 0 atom stereocenters. The molecule has 0 spiro atoms. The van der Waals surface area contributed by atoms with Gasteiger partial charge in [-0.3, -0.25) is 0 Å². The van der Waals surface area contributed by atoms with Gasteiger partial charge in [-0.2, -0.15) is 0 Å². The summed E-state index contributed by atoms with van der Waals surface area (Å²) in [5, 5.41) is 0. The van der Waals surface area contributed by atoms with Crippen molar-refractivity contribution in [3.63, 3.8) is 0 Å². The van der Waals surface area contributed by atoms with E-state index in [4.69, 9.17) is 0 Å². The Bertz CT molecular complexity index is 251. The van der Waals surface area contributed by atoms with Crippen LogP contribution in [-0.4, -0.2) is 19.0 Å². The standard InChI is InChI=1S/C12H21N.C2H6/c1-9(2)10(3)8-11(4)12(5)13(6)7;1-2/h8H,5H2,1-4,6-7H3;1-2H3/b11-8+;. The van der Waals surface area contributed by atoms with Crippen molar-refractivity contribution in [1.82, 2.24) is 4.90 Å². The molecule has 0 unspecified atom stereocenters. The second-order valence-electron chi connectivity index (χ2n) is 3.85. The first-order chi connectivity index (χ1) is 6.86. The highest BCUT2D eigenvalue weighted by Gasteiger charge is 1.98. The Labute approximate surface area is 96.2 Å². The van der Waals surface area contributed by atoms with E-state index in [0.29, 0.717) is 0 Å². The molecule has 0 N–H and O–H groups in total.